The molecule has 0 spiro atoms. The third-order valence-electron chi connectivity index (χ3n) is 3.90. The zero-order valence-corrected chi connectivity index (χ0v) is 12.0. The number of alkyl halides is 1. The van der Waals surface area contributed by atoms with Crippen LogP contribution in [0.4, 0.5) is 0 Å². The molecule has 17 heavy (non-hydrogen) atoms. The summed E-state index contributed by atoms with van der Waals surface area (Å²) in [7, 11) is 0. The van der Waals surface area contributed by atoms with Crippen molar-refractivity contribution in [1.29, 1.82) is 0 Å². The molecule has 1 unspecified atom stereocenters. The second kappa shape index (κ2) is 6.74. The Balaban J connectivity index is 1.71. The van der Waals surface area contributed by atoms with E-state index >= 15 is 0 Å². The molecule has 1 atom stereocenters. The van der Waals surface area contributed by atoms with E-state index in [1.807, 2.05) is 4.90 Å². The maximum Gasteiger partial charge on any atom is 0.222 e. The van der Waals surface area contributed by atoms with Crippen LogP contribution in [0, 0.1) is 5.92 Å². The first kappa shape index (κ1) is 13.3. The van der Waals surface area contributed by atoms with Gasteiger partial charge in [-0.05, 0) is 12.3 Å². The fraction of sp³-hybridized carbons (Fsp3) is 0.923. The number of ether oxygens (including phenoxy) is 1. The SMILES string of the molecule is O=C(CCC1CCCC1)N1CCOC(CBr)C1. The minimum atomic E-state index is 0.180. The maximum atomic E-state index is 12.1. The zero-order valence-electron chi connectivity index (χ0n) is 10.4. The van der Waals surface area contributed by atoms with Gasteiger partial charge in [-0.15, -0.1) is 0 Å². The number of hydrogen-bond donors (Lipinski definition) is 0. The van der Waals surface area contributed by atoms with Gasteiger partial charge in [0.15, 0.2) is 0 Å². The molecule has 1 amide bonds. The van der Waals surface area contributed by atoms with Crippen LogP contribution in [-0.4, -0.2) is 41.9 Å². The fourth-order valence-corrected chi connectivity index (χ4v) is 3.22. The van der Waals surface area contributed by atoms with Gasteiger partial charge in [0.05, 0.1) is 12.7 Å². The minimum absolute atomic E-state index is 0.180. The molecule has 1 saturated heterocycles. The van der Waals surface area contributed by atoms with Crippen LogP contribution in [0.5, 0.6) is 0 Å². The van der Waals surface area contributed by atoms with Gasteiger partial charge < -0.3 is 9.64 Å². The lowest BCUT2D eigenvalue weighted by molar-refractivity contribution is -0.138. The van der Waals surface area contributed by atoms with Crippen molar-refractivity contribution in [3.63, 3.8) is 0 Å². The van der Waals surface area contributed by atoms with E-state index < -0.39 is 0 Å². The molecule has 0 aromatic rings. The Morgan fingerprint density at radius 2 is 2.12 bits per heavy atom. The van der Waals surface area contributed by atoms with E-state index in [0.717, 1.165) is 37.2 Å². The van der Waals surface area contributed by atoms with Crippen molar-refractivity contribution in [2.24, 2.45) is 5.92 Å². The van der Waals surface area contributed by atoms with Crippen molar-refractivity contribution >= 4 is 21.8 Å². The highest BCUT2D eigenvalue weighted by Crippen LogP contribution is 2.28. The summed E-state index contributed by atoms with van der Waals surface area (Å²) >= 11 is 3.42. The molecular weight excluding hydrogens is 282 g/mol. The number of carbonyl (C=O) groups is 1. The van der Waals surface area contributed by atoms with Gasteiger partial charge in [-0.3, -0.25) is 4.79 Å². The number of carbonyl (C=O) groups excluding carboxylic acids is 1. The second-order valence-corrected chi connectivity index (χ2v) is 5.82. The van der Waals surface area contributed by atoms with Crippen molar-refractivity contribution in [2.75, 3.05) is 25.0 Å². The Kier molecular flexibility index (Phi) is 5.29. The van der Waals surface area contributed by atoms with Crippen molar-refractivity contribution < 1.29 is 9.53 Å². The van der Waals surface area contributed by atoms with Gasteiger partial charge in [-0.25, -0.2) is 0 Å². The molecule has 0 N–H and O–H groups in total. The molecule has 4 heteroatoms. The summed E-state index contributed by atoms with van der Waals surface area (Å²) in [5.74, 6) is 1.14. The highest BCUT2D eigenvalue weighted by molar-refractivity contribution is 9.09. The zero-order chi connectivity index (χ0) is 12.1. The van der Waals surface area contributed by atoms with Crippen molar-refractivity contribution in [1.82, 2.24) is 4.90 Å². The summed E-state index contributed by atoms with van der Waals surface area (Å²) < 4.78 is 5.54. The van der Waals surface area contributed by atoms with Crippen LogP contribution in [-0.2, 0) is 9.53 Å². The van der Waals surface area contributed by atoms with E-state index in [2.05, 4.69) is 15.9 Å². The van der Waals surface area contributed by atoms with Crippen LogP contribution in [0.25, 0.3) is 0 Å². The molecule has 98 valence electrons. The minimum Gasteiger partial charge on any atom is -0.374 e. The molecule has 2 rings (SSSR count). The van der Waals surface area contributed by atoms with Crippen molar-refractivity contribution in [3.05, 3.63) is 0 Å². The lowest BCUT2D eigenvalue weighted by Crippen LogP contribution is -2.46. The molecule has 0 aromatic heterocycles. The largest absolute Gasteiger partial charge is 0.374 e. The average molecular weight is 304 g/mol. The molecule has 0 radical (unpaired) electrons. The Labute approximate surface area is 112 Å². The smallest absolute Gasteiger partial charge is 0.222 e. The van der Waals surface area contributed by atoms with Gasteiger partial charge in [-0.2, -0.15) is 0 Å². The van der Waals surface area contributed by atoms with Gasteiger partial charge in [0.1, 0.15) is 0 Å². The summed E-state index contributed by atoms with van der Waals surface area (Å²) in [6.07, 6.45) is 7.40. The predicted molar refractivity (Wildman–Crippen MR) is 71.3 cm³/mol. The van der Waals surface area contributed by atoms with Crippen LogP contribution in [0.2, 0.25) is 0 Å². The van der Waals surface area contributed by atoms with E-state index in [4.69, 9.17) is 4.74 Å². The first-order valence-electron chi connectivity index (χ1n) is 6.75. The first-order chi connectivity index (χ1) is 8.29. The highest BCUT2D eigenvalue weighted by atomic mass is 79.9. The Morgan fingerprint density at radius 3 is 2.82 bits per heavy atom. The van der Waals surface area contributed by atoms with Crippen LogP contribution >= 0.6 is 15.9 Å². The number of rotatable bonds is 4. The van der Waals surface area contributed by atoms with Crippen molar-refractivity contribution in [3.8, 4) is 0 Å². The number of hydrogen-bond acceptors (Lipinski definition) is 2. The molecule has 0 bridgehead atoms. The molecule has 1 heterocycles. The molecule has 1 aliphatic heterocycles. The lowest BCUT2D eigenvalue weighted by atomic mass is 10.0. The maximum absolute atomic E-state index is 12.1. The second-order valence-electron chi connectivity index (χ2n) is 5.18. The van der Waals surface area contributed by atoms with E-state index in [9.17, 15) is 4.79 Å². The van der Waals surface area contributed by atoms with Crippen LogP contribution in [0.3, 0.4) is 0 Å². The summed E-state index contributed by atoms with van der Waals surface area (Å²) in [4.78, 5) is 14.0. The number of amides is 1. The first-order valence-corrected chi connectivity index (χ1v) is 7.87. The summed E-state index contributed by atoms with van der Waals surface area (Å²) in [5, 5.41) is 0.819. The predicted octanol–water partition coefficient (Wildman–Crippen LogP) is 2.58. The molecule has 2 aliphatic rings. The van der Waals surface area contributed by atoms with Gasteiger partial charge in [0.25, 0.3) is 0 Å². The van der Waals surface area contributed by atoms with E-state index in [1.165, 1.54) is 25.7 Å². The van der Waals surface area contributed by atoms with Crippen LogP contribution in [0.1, 0.15) is 38.5 Å². The average Bonchev–Trinajstić information content (AvgIpc) is 2.89. The van der Waals surface area contributed by atoms with E-state index in [1.54, 1.807) is 0 Å². The van der Waals surface area contributed by atoms with Crippen LogP contribution < -0.4 is 0 Å². The Morgan fingerprint density at radius 1 is 1.35 bits per heavy atom. The van der Waals surface area contributed by atoms with Gasteiger partial charge in [0, 0.05) is 24.8 Å². The van der Waals surface area contributed by atoms with Crippen molar-refractivity contribution in [2.45, 2.75) is 44.6 Å². The quantitative estimate of drug-likeness (QED) is 0.747. The van der Waals surface area contributed by atoms with Gasteiger partial charge >= 0.3 is 0 Å². The Hall–Kier alpha value is -0.0900. The Bertz CT molecular complexity index is 254. The van der Waals surface area contributed by atoms with Crippen LogP contribution in [0.15, 0.2) is 0 Å². The van der Waals surface area contributed by atoms with Gasteiger partial charge in [0.2, 0.25) is 5.91 Å². The monoisotopic (exact) mass is 303 g/mol. The molecular formula is C13H22BrNO2. The number of morpholine rings is 1. The topological polar surface area (TPSA) is 29.5 Å². The molecule has 2 fully saturated rings. The fourth-order valence-electron chi connectivity index (χ4n) is 2.82. The molecule has 3 nitrogen and oxygen atoms in total. The third-order valence-corrected chi connectivity index (χ3v) is 4.63. The normalized spacial score (nSPS) is 26.4. The lowest BCUT2D eigenvalue weighted by Gasteiger charge is -2.32. The van der Waals surface area contributed by atoms with Gasteiger partial charge in [-0.1, -0.05) is 41.6 Å². The molecule has 0 aromatic carbocycles. The molecule has 1 aliphatic carbocycles. The standard InChI is InChI=1S/C13H22BrNO2/c14-9-12-10-15(7-8-17-12)13(16)6-5-11-3-1-2-4-11/h11-12H,1-10H2. The summed E-state index contributed by atoms with van der Waals surface area (Å²) in [6, 6.07) is 0. The van der Waals surface area contributed by atoms with E-state index in [0.29, 0.717) is 12.5 Å². The summed E-state index contributed by atoms with van der Waals surface area (Å²) in [6.45, 7) is 2.22. The number of nitrogens with zero attached hydrogens (tertiary/aromatic N) is 1. The third kappa shape index (κ3) is 3.95. The highest BCUT2D eigenvalue weighted by Gasteiger charge is 2.24. The summed E-state index contributed by atoms with van der Waals surface area (Å²) in [5.41, 5.74) is 0. The number of halogens is 1. The molecule has 1 saturated carbocycles. The van der Waals surface area contributed by atoms with E-state index in [-0.39, 0.29) is 6.10 Å².